The highest BCUT2D eigenvalue weighted by atomic mass is 16.5. The Hall–Kier alpha value is -3.93. The van der Waals surface area contributed by atoms with Gasteiger partial charge in [-0.1, -0.05) is 42.5 Å². The molecule has 1 N–H and O–H groups in total. The van der Waals surface area contributed by atoms with Crippen molar-refractivity contribution in [2.24, 2.45) is 0 Å². The number of nitrogens with one attached hydrogen (secondary N) is 1. The monoisotopic (exact) mass is 387 g/mol. The van der Waals surface area contributed by atoms with E-state index in [0.29, 0.717) is 22.6 Å². The molecule has 0 unspecified atom stereocenters. The highest BCUT2D eigenvalue weighted by Gasteiger charge is 2.19. The molecule has 3 aromatic carbocycles. The van der Waals surface area contributed by atoms with Crippen LogP contribution in [-0.4, -0.2) is 30.9 Å². The summed E-state index contributed by atoms with van der Waals surface area (Å²) in [5.41, 5.74) is 3.14. The molecule has 6 nitrogen and oxygen atoms in total. The highest BCUT2D eigenvalue weighted by molar-refractivity contribution is 6.02. The molecule has 0 bridgehead atoms. The predicted molar refractivity (Wildman–Crippen MR) is 107 cm³/mol. The molecular weight excluding hydrogens is 370 g/mol. The second-order valence-electron chi connectivity index (χ2n) is 6.49. The van der Waals surface area contributed by atoms with Crippen LogP contribution in [0.5, 0.6) is 5.75 Å². The van der Waals surface area contributed by atoms with E-state index in [4.69, 9.17) is 9.47 Å². The summed E-state index contributed by atoms with van der Waals surface area (Å²) in [4.78, 5) is 36.0. The fourth-order valence-electron chi connectivity index (χ4n) is 2.98. The van der Waals surface area contributed by atoms with Crippen LogP contribution < -0.4 is 10.1 Å². The van der Waals surface area contributed by atoms with Gasteiger partial charge in [0.05, 0.1) is 11.3 Å². The molecule has 0 atom stereocenters. The molecule has 0 saturated heterocycles. The summed E-state index contributed by atoms with van der Waals surface area (Å²) in [6.07, 6.45) is 0. The molecule has 0 radical (unpaired) electrons. The Morgan fingerprint density at radius 1 is 0.897 bits per heavy atom. The molecule has 0 fully saturated rings. The van der Waals surface area contributed by atoms with Crippen LogP contribution in [0.1, 0.15) is 20.7 Å². The van der Waals surface area contributed by atoms with Gasteiger partial charge in [-0.25, -0.2) is 4.79 Å². The Bertz CT molecular complexity index is 1070. The topological polar surface area (TPSA) is 81.7 Å². The summed E-state index contributed by atoms with van der Waals surface area (Å²) in [5.74, 6) is -0.737. The van der Waals surface area contributed by atoms with Crippen LogP contribution in [0.25, 0.3) is 11.1 Å². The SMILES string of the molecule is O=C1COc2ccc(C(=O)COC(=O)c3ccc(-c4ccccc4)cc3)cc2N1. The van der Waals surface area contributed by atoms with Crippen molar-refractivity contribution in [2.75, 3.05) is 18.5 Å². The number of hydrogen-bond acceptors (Lipinski definition) is 5. The minimum absolute atomic E-state index is 0.0546. The summed E-state index contributed by atoms with van der Waals surface area (Å²) < 4.78 is 10.4. The quantitative estimate of drug-likeness (QED) is 0.533. The van der Waals surface area contributed by atoms with Crippen LogP contribution in [0.4, 0.5) is 5.69 Å². The second kappa shape index (κ2) is 7.98. The molecule has 29 heavy (non-hydrogen) atoms. The third-order valence-corrected chi connectivity index (χ3v) is 4.50. The Kier molecular flexibility index (Phi) is 5.07. The number of Topliss-reactive ketones (excluding diaryl/α,β-unsaturated/α-hetero) is 1. The molecule has 144 valence electrons. The third-order valence-electron chi connectivity index (χ3n) is 4.50. The maximum atomic E-state index is 12.4. The van der Waals surface area contributed by atoms with E-state index in [1.165, 1.54) is 6.07 Å². The molecule has 0 saturated carbocycles. The maximum absolute atomic E-state index is 12.4. The minimum atomic E-state index is -0.576. The van der Waals surface area contributed by atoms with Crippen LogP contribution in [0, 0.1) is 0 Å². The van der Waals surface area contributed by atoms with Crippen molar-refractivity contribution in [3.05, 3.63) is 83.9 Å². The molecule has 1 aliphatic heterocycles. The van der Waals surface area contributed by atoms with E-state index in [1.54, 1.807) is 24.3 Å². The number of benzene rings is 3. The van der Waals surface area contributed by atoms with Crippen molar-refractivity contribution in [1.29, 1.82) is 0 Å². The zero-order chi connectivity index (χ0) is 20.2. The number of rotatable bonds is 5. The number of fused-ring (bicyclic) bond motifs is 1. The Balaban J connectivity index is 1.39. The van der Waals surface area contributed by atoms with Crippen molar-refractivity contribution < 1.29 is 23.9 Å². The molecule has 0 spiro atoms. The van der Waals surface area contributed by atoms with Gasteiger partial charge in [0.1, 0.15) is 5.75 Å². The van der Waals surface area contributed by atoms with Crippen molar-refractivity contribution in [3.8, 4) is 16.9 Å². The highest BCUT2D eigenvalue weighted by Crippen LogP contribution is 2.28. The van der Waals surface area contributed by atoms with Gasteiger partial charge in [0, 0.05) is 5.56 Å². The first-order valence-electron chi connectivity index (χ1n) is 9.03. The van der Waals surface area contributed by atoms with Gasteiger partial charge in [0.15, 0.2) is 19.0 Å². The summed E-state index contributed by atoms with van der Waals surface area (Å²) in [6.45, 7) is -0.451. The van der Waals surface area contributed by atoms with Gasteiger partial charge in [0.2, 0.25) is 0 Å². The van der Waals surface area contributed by atoms with E-state index >= 15 is 0 Å². The first-order valence-corrected chi connectivity index (χ1v) is 9.03. The number of ketones is 1. The average Bonchev–Trinajstić information content (AvgIpc) is 2.77. The van der Waals surface area contributed by atoms with Gasteiger partial charge in [-0.15, -0.1) is 0 Å². The van der Waals surface area contributed by atoms with Gasteiger partial charge in [-0.3, -0.25) is 9.59 Å². The van der Waals surface area contributed by atoms with Crippen molar-refractivity contribution >= 4 is 23.3 Å². The third kappa shape index (κ3) is 4.16. The molecule has 6 heteroatoms. The minimum Gasteiger partial charge on any atom is -0.482 e. The van der Waals surface area contributed by atoms with Gasteiger partial charge in [-0.05, 0) is 41.5 Å². The van der Waals surface area contributed by atoms with Gasteiger partial charge >= 0.3 is 5.97 Å². The van der Waals surface area contributed by atoms with Gasteiger partial charge in [-0.2, -0.15) is 0 Å². The first-order chi connectivity index (χ1) is 14.1. The number of hydrogen-bond donors (Lipinski definition) is 1. The van der Waals surface area contributed by atoms with Crippen molar-refractivity contribution in [1.82, 2.24) is 0 Å². The lowest BCUT2D eigenvalue weighted by Crippen LogP contribution is -2.25. The summed E-state index contributed by atoms with van der Waals surface area (Å²) in [6, 6.07) is 21.5. The smallest absolute Gasteiger partial charge is 0.338 e. The number of anilines is 1. The van der Waals surface area contributed by atoms with Crippen LogP contribution >= 0.6 is 0 Å². The maximum Gasteiger partial charge on any atom is 0.338 e. The van der Waals surface area contributed by atoms with E-state index in [0.717, 1.165) is 11.1 Å². The summed E-state index contributed by atoms with van der Waals surface area (Å²) in [5, 5.41) is 2.64. The lowest BCUT2D eigenvalue weighted by atomic mass is 10.0. The van der Waals surface area contributed by atoms with Crippen LogP contribution in [0.3, 0.4) is 0 Å². The largest absolute Gasteiger partial charge is 0.482 e. The Morgan fingerprint density at radius 3 is 2.34 bits per heavy atom. The van der Waals surface area contributed by atoms with E-state index in [1.807, 2.05) is 42.5 Å². The molecule has 0 aliphatic carbocycles. The fraction of sp³-hybridized carbons (Fsp3) is 0.0870. The van der Waals surface area contributed by atoms with Crippen LogP contribution in [0.2, 0.25) is 0 Å². The van der Waals surface area contributed by atoms with Crippen LogP contribution in [-0.2, 0) is 9.53 Å². The summed E-state index contributed by atoms with van der Waals surface area (Å²) in [7, 11) is 0. The number of esters is 1. The Labute approximate surface area is 167 Å². The average molecular weight is 387 g/mol. The van der Waals surface area contributed by atoms with E-state index < -0.39 is 12.6 Å². The fourth-order valence-corrected chi connectivity index (χ4v) is 2.98. The van der Waals surface area contributed by atoms with Gasteiger partial charge in [0.25, 0.3) is 5.91 Å². The van der Waals surface area contributed by atoms with Crippen LogP contribution in [0.15, 0.2) is 72.8 Å². The number of carbonyl (C=O) groups excluding carboxylic acids is 3. The molecule has 1 heterocycles. The normalized spacial score (nSPS) is 12.3. The standard InChI is InChI=1S/C23H17NO5/c25-20(18-10-11-21-19(12-18)24-22(26)14-28-21)13-29-23(27)17-8-6-16(7-9-17)15-4-2-1-3-5-15/h1-12H,13-14H2,(H,24,26). The molecule has 1 amide bonds. The number of amides is 1. The van der Waals surface area contributed by atoms with E-state index in [9.17, 15) is 14.4 Å². The van der Waals surface area contributed by atoms with E-state index in [2.05, 4.69) is 5.32 Å². The molecule has 1 aliphatic rings. The first kappa shape index (κ1) is 18.4. The molecular formula is C23H17NO5. The lowest BCUT2D eigenvalue weighted by molar-refractivity contribution is -0.118. The van der Waals surface area contributed by atoms with Crippen molar-refractivity contribution in [2.45, 2.75) is 0 Å². The second-order valence-corrected chi connectivity index (χ2v) is 6.49. The lowest BCUT2D eigenvalue weighted by Gasteiger charge is -2.18. The number of ether oxygens (including phenoxy) is 2. The van der Waals surface area contributed by atoms with E-state index in [-0.39, 0.29) is 18.3 Å². The molecule has 0 aromatic heterocycles. The van der Waals surface area contributed by atoms with Gasteiger partial charge < -0.3 is 14.8 Å². The molecule has 3 aromatic rings. The number of carbonyl (C=O) groups is 3. The zero-order valence-corrected chi connectivity index (χ0v) is 15.4. The summed E-state index contributed by atoms with van der Waals surface area (Å²) >= 11 is 0. The Morgan fingerprint density at radius 2 is 1.59 bits per heavy atom. The predicted octanol–water partition coefficient (Wildman–Crippen LogP) is 3.72. The zero-order valence-electron chi connectivity index (χ0n) is 15.4. The molecule has 4 rings (SSSR count). The van der Waals surface area contributed by atoms with Crippen molar-refractivity contribution in [3.63, 3.8) is 0 Å².